The molecule has 6 nitrogen and oxygen atoms in total. The number of carbonyl (C=O) groups excluding carboxylic acids is 1. The van der Waals surface area contributed by atoms with Crippen LogP contribution in [0.4, 0.5) is 5.69 Å². The number of rotatable bonds is 7. The van der Waals surface area contributed by atoms with E-state index in [1.807, 2.05) is 0 Å². The average molecular weight is 417 g/mol. The fourth-order valence-electron chi connectivity index (χ4n) is 2.29. The van der Waals surface area contributed by atoms with Gasteiger partial charge >= 0.3 is 0 Å². The SMILES string of the molecule is COc1ccc([C@@H](CC(=O)Nc2ccc(Cl)c(Cl)c2)NS(C)(=O)=O)cc1. The summed E-state index contributed by atoms with van der Waals surface area (Å²) in [5.74, 6) is 0.257. The van der Waals surface area contributed by atoms with Crippen LogP contribution in [0.2, 0.25) is 10.0 Å². The third-order valence-electron chi connectivity index (χ3n) is 3.47. The van der Waals surface area contributed by atoms with Crippen LogP contribution in [0.5, 0.6) is 5.75 Å². The average Bonchev–Trinajstić information content (AvgIpc) is 2.56. The normalized spacial score (nSPS) is 12.5. The van der Waals surface area contributed by atoms with Crippen molar-refractivity contribution in [2.45, 2.75) is 12.5 Å². The second-order valence-electron chi connectivity index (χ2n) is 5.60. The van der Waals surface area contributed by atoms with Crippen LogP contribution in [0.15, 0.2) is 42.5 Å². The fraction of sp³-hybridized carbons (Fsp3) is 0.235. The number of hydrogen-bond acceptors (Lipinski definition) is 4. The summed E-state index contributed by atoms with van der Waals surface area (Å²) < 4.78 is 30.9. The van der Waals surface area contributed by atoms with Crippen molar-refractivity contribution in [3.63, 3.8) is 0 Å². The molecule has 140 valence electrons. The maximum Gasteiger partial charge on any atom is 0.226 e. The number of amides is 1. The topological polar surface area (TPSA) is 84.5 Å². The van der Waals surface area contributed by atoms with Gasteiger partial charge < -0.3 is 10.1 Å². The molecule has 2 rings (SSSR count). The van der Waals surface area contributed by atoms with Gasteiger partial charge in [-0.05, 0) is 35.9 Å². The van der Waals surface area contributed by atoms with Gasteiger partial charge in [-0.15, -0.1) is 0 Å². The lowest BCUT2D eigenvalue weighted by molar-refractivity contribution is -0.116. The van der Waals surface area contributed by atoms with Crippen molar-refractivity contribution < 1.29 is 17.9 Å². The molecule has 0 aliphatic rings. The molecule has 1 atom stereocenters. The highest BCUT2D eigenvalue weighted by Gasteiger charge is 2.20. The van der Waals surface area contributed by atoms with E-state index in [-0.39, 0.29) is 12.3 Å². The number of sulfonamides is 1. The summed E-state index contributed by atoms with van der Waals surface area (Å²) in [6, 6.07) is 10.8. The molecule has 0 aliphatic heterocycles. The molecule has 0 radical (unpaired) electrons. The smallest absolute Gasteiger partial charge is 0.226 e. The maximum absolute atomic E-state index is 12.4. The highest BCUT2D eigenvalue weighted by Crippen LogP contribution is 2.26. The molecule has 2 N–H and O–H groups in total. The van der Waals surface area contributed by atoms with E-state index in [9.17, 15) is 13.2 Å². The first-order valence-corrected chi connectivity index (χ1v) is 10.2. The number of hydrogen-bond donors (Lipinski definition) is 2. The van der Waals surface area contributed by atoms with Crippen LogP contribution in [-0.2, 0) is 14.8 Å². The lowest BCUT2D eigenvalue weighted by Gasteiger charge is -2.18. The number of benzene rings is 2. The Hall–Kier alpha value is -1.80. The zero-order chi connectivity index (χ0) is 19.3. The molecule has 0 saturated carbocycles. The Morgan fingerprint density at radius 1 is 1.12 bits per heavy atom. The monoisotopic (exact) mass is 416 g/mol. The summed E-state index contributed by atoms with van der Waals surface area (Å²) in [5, 5.41) is 3.36. The molecule has 0 unspecified atom stereocenters. The number of anilines is 1. The summed E-state index contributed by atoms with van der Waals surface area (Å²) >= 11 is 11.8. The Kier molecular flexibility index (Phi) is 6.88. The van der Waals surface area contributed by atoms with Crippen LogP contribution in [0.3, 0.4) is 0 Å². The Balaban J connectivity index is 2.16. The highest BCUT2D eigenvalue weighted by atomic mass is 35.5. The van der Waals surface area contributed by atoms with Gasteiger partial charge in [-0.25, -0.2) is 13.1 Å². The molecule has 2 aromatic carbocycles. The first-order valence-electron chi connectivity index (χ1n) is 7.54. The Morgan fingerprint density at radius 3 is 2.31 bits per heavy atom. The second-order valence-corrected chi connectivity index (χ2v) is 8.19. The summed E-state index contributed by atoms with van der Waals surface area (Å²) in [6.07, 6.45) is 0.944. The largest absolute Gasteiger partial charge is 0.497 e. The van der Waals surface area contributed by atoms with E-state index in [4.69, 9.17) is 27.9 Å². The molecule has 2 aromatic rings. The van der Waals surface area contributed by atoms with Crippen molar-refractivity contribution in [1.29, 1.82) is 0 Å². The van der Waals surface area contributed by atoms with Crippen LogP contribution in [0.1, 0.15) is 18.0 Å². The summed E-state index contributed by atoms with van der Waals surface area (Å²) in [6.45, 7) is 0. The van der Waals surface area contributed by atoms with Gasteiger partial charge in [0.05, 0.1) is 29.5 Å². The molecule has 0 bridgehead atoms. The van der Waals surface area contributed by atoms with E-state index in [1.165, 1.54) is 13.2 Å². The van der Waals surface area contributed by atoms with Gasteiger partial charge in [0.1, 0.15) is 5.75 Å². The lowest BCUT2D eigenvalue weighted by Crippen LogP contribution is -2.30. The summed E-state index contributed by atoms with van der Waals surface area (Å²) in [4.78, 5) is 12.4. The van der Waals surface area contributed by atoms with Gasteiger partial charge in [-0.3, -0.25) is 4.79 Å². The predicted molar refractivity (Wildman–Crippen MR) is 103 cm³/mol. The van der Waals surface area contributed by atoms with Crippen LogP contribution in [0.25, 0.3) is 0 Å². The molecule has 1 amide bonds. The van der Waals surface area contributed by atoms with Gasteiger partial charge in [0, 0.05) is 12.1 Å². The lowest BCUT2D eigenvalue weighted by atomic mass is 10.0. The van der Waals surface area contributed by atoms with Crippen LogP contribution >= 0.6 is 23.2 Å². The van der Waals surface area contributed by atoms with E-state index in [0.717, 1.165) is 6.26 Å². The molecular weight excluding hydrogens is 399 g/mol. The first-order chi connectivity index (χ1) is 12.2. The van der Waals surface area contributed by atoms with E-state index in [1.54, 1.807) is 36.4 Å². The molecule has 0 heterocycles. The van der Waals surface area contributed by atoms with Crippen molar-refractivity contribution in [3.8, 4) is 5.75 Å². The Bertz CT molecular complexity index is 886. The fourth-order valence-corrected chi connectivity index (χ4v) is 3.33. The number of ether oxygens (including phenoxy) is 1. The minimum Gasteiger partial charge on any atom is -0.497 e. The van der Waals surface area contributed by atoms with Crippen LogP contribution in [-0.4, -0.2) is 27.7 Å². The molecular formula is C17H18Cl2N2O4S. The van der Waals surface area contributed by atoms with E-state index >= 15 is 0 Å². The molecule has 0 spiro atoms. The minimum absolute atomic E-state index is 0.0976. The zero-order valence-electron chi connectivity index (χ0n) is 14.1. The van der Waals surface area contributed by atoms with Crippen molar-refractivity contribution in [2.24, 2.45) is 0 Å². The third kappa shape index (κ3) is 6.17. The summed E-state index contributed by atoms with van der Waals surface area (Å²) in [5.41, 5.74) is 1.11. The molecule has 0 saturated heterocycles. The Labute approximate surface area is 162 Å². The highest BCUT2D eigenvalue weighted by molar-refractivity contribution is 7.88. The standard InChI is InChI=1S/C17H18Cl2N2O4S/c1-25-13-6-3-11(4-7-13)16(21-26(2,23)24)10-17(22)20-12-5-8-14(18)15(19)9-12/h3-9,16,21H,10H2,1-2H3,(H,20,22)/t16-/m1/s1. The molecule has 9 heteroatoms. The first kappa shape index (κ1) is 20.5. The van der Waals surface area contributed by atoms with Gasteiger partial charge in [0.2, 0.25) is 15.9 Å². The van der Waals surface area contributed by atoms with Gasteiger partial charge in [-0.2, -0.15) is 0 Å². The number of carbonyl (C=O) groups is 1. The third-order valence-corrected chi connectivity index (χ3v) is 4.92. The number of halogens is 2. The molecule has 0 fully saturated rings. The zero-order valence-corrected chi connectivity index (χ0v) is 16.5. The van der Waals surface area contributed by atoms with Crippen molar-refractivity contribution in [1.82, 2.24) is 4.72 Å². The minimum atomic E-state index is -3.52. The number of methoxy groups -OCH3 is 1. The quantitative estimate of drug-likeness (QED) is 0.721. The van der Waals surface area contributed by atoms with E-state index in [0.29, 0.717) is 27.0 Å². The van der Waals surface area contributed by atoms with Crippen molar-refractivity contribution in [2.75, 3.05) is 18.7 Å². The van der Waals surface area contributed by atoms with Gasteiger partial charge in [-0.1, -0.05) is 35.3 Å². The van der Waals surface area contributed by atoms with E-state index in [2.05, 4.69) is 10.0 Å². The molecule has 0 aromatic heterocycles. The maximum atomic E-state index is 12.4. The van der Waals surface area contributed by atoms with Gasteiger partial charge in [0.25, 0.3) is 0 Å². The van der Waals surface area contributed by atoms with Crippen LogP contribution < -0.4 is 14.8 Å². The predicted octanol–water partition coefficient (Wildman–Crippen LogP) is 3.62. The van der Waals surface area contributed by atoms with Crippen molar-refractivity contribution in [3.05, 3.63) is 58.1 Å². The van der Waals surface area contributed by atoms with Crippen LogP contribution in [0, 0.1) is 0 Å². The second kappa shape index (κ2) is 8.73. The molecule has 26 heavy (non-hydrogen) atoms. The number of nitrogens with one attached hydrogen (secondary N) is 2. The Morgan fingerprint density at radius 2 is 1.77 bits per heavy atom. The van der Waals surface area contributed by atoms with Crippen molar-refractivity contribution >= 4 is 44.8 Å². The summed E-state index contributed by atoms with van der Waals surface area (Å²) in [7, 11) is -1.98. The molecule has 0 aliphatic carbocycles. The van der Waals surface area contributed by atoms with E-state index < -0.39 is 16.1 Å². The van der Waals surface area contributed by atoms with Gasteiger partial charge in [0.15, 0.2) is 0 Å².